The monoisotopic (exact) mass is 419 g/mol. The Balaban J connectivity index is 1.61. The third-order valence-electron chi connectivity index (χ3n) is 5.08. The average molecular weight is 420 g/mol. The number of aliphatic imine (C=N–C) groups is 1. The molecular weight excluding hydrogens is 390 g/mol. The first-order valence-electron chi connectivity index (χ1n) is 9.96. The van der Waals surface area contributed by atoms with Gasteiger partial charge in [0.2, 0.25) is 0 Å². The molecule has 0 amide bonds. The molecule has 2 N–H and O–H groups in total. The summed E-state index contributed by atoms with van der Waals surface area (Å²) in [5.41, 5.74) is 1.16. The number of aryl methyl sites for hydroxylation is 1. The quantitative estimate of drug-likeness (QED) is 0.387. The normalized spacial score (nSPS) is 17.0. The summed E-state index contributed by atoms with van der Waals surface area (Å²) >= 11 is 6.15. The van der Waals surface area contributed by atoms with Crippen molar-refractivity contribution in [3.8, 4) is 0 Å². The second kappa shape index (κ2) is 10.5. The number of ether oxygens (including phenoxy) is 1. The van der Waals surface area contributed by atoms with Gasteiger partial charge in [0.05, 0.1) is 0 Å². The minimum absolute atomic E-state index is 0.309. The summed E-state index contributed by atoms with van der Waals surface area (Å²) < 4.78 is 7.10. The first kappa shape index (κ1) is 21.4. The van der Waals surface area contributed by atoms with Crippen LogP contribution in [0, 0.1) is 6.92 Å². The van der Waals surface area contributed by atoms with Crippen LogP contribution in [0.15, 0.2) is 29.3 Å². The Morgan fingerprint density at radius 3 is 2.97 bits per heavy atom. The predicted molar refractivity (Wildman–Crippen MR) is 117 cm³/mol. The Labute approximate surface area is 177 Å². The SMILES string of the molecule is COCCCNC(=NCc1nnc(C)n1C)NC1CCN(c2cccc(Cl)c2)C1. The molecule has 0 spiro atoms. The van der Waals surface area contributed by atoms with E-state index < -0.39 is 0 Å². The van der Waals surface area contributed by atoms with Crippen molar-refractivity contribution >= 4 is 23.2 Å². The molecule has 1 aliphatic heterocycles. The maximum absolute atomic E-state index is 6.15. The molecule has 0 radical (unpaired) electrons. The molecule has 1 atom stereocenters. The van der Waals surface area contributed by atoms with Gasteiger partial charge in [0, 0.05) is 57.2 Å². The number of rotatable bonds is 8. The summed E-state index contributed by atoms with van der Waals surface area (Å²) in [6, 6.07) is 8.32. The van der Waals surface area contributed by atoms with Gasteiger partial charge in [-0.15, -0.1) is 10.2 Å². The third-order valence-corrected chi connectivity index (χ3v) is 5.32. The lowest BCUT2D eigenvalue weighted by molar-refractivity contribution is 0.195. The number of benzene rings is 1. The van der Waals surface area contributed by atoms with E-state index in [-0.39, 0.29) is 0 Å². The smallest absolute Gasteiger partial charge is 0.191 e. The molecule has 1 fully saturated rings. The minimum Gasteiger partial charge on any atom is -0.385 e. The lowest BCUT2D eigenvalue weighted by Gasteiger charge is -2.21. The van der Waals surface area contributed by atoms with Crippen LogP contribution >= 0.6 is 11.6 Å². The number of guanidine groups is 1. The second-order valence-electron chi connectivity index (χ2n) is 7.22. The summed E-state index contributed by atoms with van der Waals surface area (Å²) in [6.07, 6.45) is 1.95. The molecule has 2 aromatic rings. The molecule has 8 nitrogen and oxygen atoms in total. The summed E-state index contributed by atoms with van der Waals surface area (Å²) in [7, 11) is 3.67. The number of halogens is 1. The fourth-order valence-electron chi connectivity index (χ4n) is 3.29. The highest BCUT2D eigenvalue weighted by Gasteiger charge is 2.23. The van der Waals surface area contributed by atoms with E-state index in [1.807, 2.05) is 36.7 Å². The molecule has 29 heavy (non-hydrogen) atoms. The number of anilines is 1. The first-order chi connectivity index (χ1) is 14.1. The number of aromatic nitrogens is 3. The maximum Gasteiger partial charge on any atom is 0.191 e. The van der Waals surface area contributed by atoms with Crippen molar-refractivity contribution in [2.45, 2.75) is 32.4 Å². The summed E-state index contributed by atoms with van der Waals surface area (Å²) in [6.45, 7) is 5.81. The van der Waals surface area contributed by atoms with Gasteiger partial charge in [0.25, 0.3) is 0 Å². The van der Waals surface area contributed by atoms with Crippen LogP contribution < -0.4 is 15.5 Å². The Morgan fingerprint density at radius 2 is 2.24 bits per heavy atom. The van der Waals surface area contributed by atoms with Gasteiger partial charge in [-0.05, 0) is 38.0 Å². The van der Waals surface area contributed by atoms with Gasteiger partial charge < -0.3 is 24.8 Å². The molecule has 1 aliphatic rings. The van der Waals surface area contributed by atoms with Crippen molar-refractivity contribution in [1.82, 2.24) is 25.4 Å². The fraction of sp³-hybridized carbons (Fsp3) is 0.550. The van der Waals surface area contributed by atoms with Crippen LogP contribution in [0.1, 0.15) is 24.5 Å². The van der Waals surface area contributed by atoms with Gasteiger partial charge >= 0.3 is 0 Å². The molecule has 0 aliphatic carbocycles. The van der Waals surface area contributed by atoms with E-state index in [2.05, 4.69) is 31.8 Å². The van der Waals surface area contributed by atoms with Gasteiger partial charge in [-0.3, -0.25) is 0 Å². The molecule has 2 heterocycles. The van der Waals surface area contributed by atoms with Crippen LogP contribution in [0.4, 0.5) is 5.69 Å². The van der Waals surface area contributed by atoms with E-state index in [1.54, 1.807) is 7.11 Å². The Morgan fingerprint density at radius 1 is 1.38 bits per heavy atom. The average Bonchev–Trinajstić information content (AvgIpc) is 3.30. The highest BCUT2D eigenvalue weighted by atomic mass is 35.5. The van der Waals surface area contributed by atoms with Gasteiger partial charge in [-0.1, -0.05) is 17.7 Å². The number of nitrogens with zero attached hydrogens (tertiary/aromatic N) is 5. The fourth-order valence-corrected chi connectivity index (χ4v) is 3.48. The number of hydrogen-bond acceptors (Lipinski definition) is 5. The van der Waals surface area contributed by atoms with Crippen molar-refractivity contribution in [3.63, 3.8) is 0 Å². The van der Waals surface area contributed by atoms with Crippen molar-refractivity contribution < 1.29 is 4.74 Å². The van der Waals surface area contributed by atoms with Crippen LogP contribution in [0.2, 0.25) is 5.02 Å². The molecule has 9 heteroatoms. The number of hydrogen-bond donors (Lipinski definition) is 2. The van der Waals surface area contributed by atoms with Crippen LogP contribution in [0.5, 0.6) is 0 Å². The van der Waals surface area contributed by atoms with Crippen molar-refractivity contribution in [3.05, 3.63) is 40.9 Å². The van der Waals surface area contributed by atoms with E-state index >= 15 is 0 Å². The molecule has 158 valence electrons. The van der Waals surface area contributed by atoms with Crippen molar-refractivity contribution in [1.29, 1.82) is 0 Å². The molecule has 1 aromatic heterocycles. The molecule has 1 aromatic carbocycles. The highest BCUT2D eigenvalue weighted by Crippen LogP contribution is 2.23. The zero-order chi connectivity index (χ0) is 20.6. The summed E-state index contributed by atoms with van der Waals surface area (Å²) in [5, 5.41) is 16.0. The topological polar surface area (TPSA) is 79.6 Å². The number of nitrogens with one attached hydrogen (secondary N) is 2. The van der Waals surface area contributed by atoms with Gasteiger partial charge in [-0.2, -0.15) is 0 Å². The molecule has 3 rings (SSSR count). The largest absolute Gasteiger partial charge is 0.385 e. The first-order valence-corrected chi connectivity index (χ1v) is 10.3. The molecule has 0 saturated carbocycles. The Bertz CT molecular complexity index is 823. The van der Waals surface area contributed by atoms with Crippen LogP contribution in [0.3, 0.4) is 0 Å². The van der Waals surface area contributed by atoms with E-state index in [0.29, 0.717) is 19.2 Å². The Hall–Kier alpha value is -2.32. The van der Waals surface area contributed by atoms with Gasteiger partial charge in [-0.25, -0.2) is 4.99 Å². The lowest BCUT2D eigenvalue weighted by Crippen LogP contribution is -2.45. The van der Waals surface area contributed by atoms with E-state index in [4.69, 9.17) is 21.3 Å². The zero-order valence-corrected chi connectivity index (χ0v) is 18.1. The molecule has 0 bridgehead atoms. The standard InChI is InChI=1S/C20H30ClN7O/c1-15-25-26-19(27(15)2)13-23-20(22-9-5-11-29-3)24-17-8-10-28(14-17)18-7-4-6-16(21)12-18/h4,6-7,12,17H,5,8-11,13-14H2,1-3H3,(H2,22,23,24). The predicted octanol–water partition coefficient (Wildman–Crippen LogP) is 2.13. The minimum atomic E-state index is 0.309. The van der Waals surface area contributed by atoms with Gasteiger partial charge in [0.1, 0.15) is 12.4 Å². The van der Waals surface area contributed by atoms with Crippen molar-refractivity contribution in [2.24, 2.45) is 12.0 Å². The lowest BCUT2D eigenvalue weighted by atomic mass is 10.2. The van der Waals surface area contributed by atoms with Crippen LogP contribution in [0.25, 0.3) is 0 Å². The zero-order valence-electron chi connectivity index (χ0n) is 17.4. The van der Waals surface area contributed by atoms with E-state index in [0.717, 1.165) is 60.8 Å². The second-order valence-corrected chi connectivity index (χ2v) is 7.65. The summed E-state index contributed by atoms with van der Waals surface area (Å²) in [4.78, 5) is 7.08. The maximum atomic E-state index is 6.15. The number of methoxy groups -OCH3 is 1. The van der Waals surface area contributed by atoms with E-state index in [1.165, 1.54) is 0 Å². The Kier molecular flexibility index (Phi) is 7.71. The van der Waals surface area contributed by atoms with E-state index in [9.17, 15) is 0 Å². The van der Waals surface area contributed by atoms with Crippen LogP contribution in [-0.2, 0) is 18.3 Å². The summed E-state index contributed by atoms with van der Waals surface area (Å²) in [5.74, 6) is 2.51. The highest BCUT2D eigenvalue weighted by molar-refractivity contribution is 6.30. The van der Waals surface area contributed by atoms with Crippen molar-refractivity contribution in [2.75, 3.05) is 38.3 Å². The molecule has 1 unspecified atom stereocenters. The van der Waals surface area contributed by atoms with Crippen LogP contribution in [-0.4, -0.2) is 60.1 Å². The molecule has 1 saturated heterocycles. The van der Waals surface area contributed by atoms with Gasteiger partial charge in [0.15, 0.2) is 11.8 Å². The third kappa shape index (κ3) is 6.08. The molecular formula is C20H30ClN7O.